The van der Waals surface area contributed by atoms with Crippen LogP contribution in [-0.2, 0) is 0 Å². The van der Waals surface area contributed by atoms with Gasteiger partial charge in [0.1, 0.15) is 11.9 Å². The molecule has 1 aromatic rings. The van der Waals surface area contributed by atoms with Crippen LogP contribution in [0.3, 0.4) is 0 Å². The van der Waals surface area contributed by atoms with Crippen molar-refractivity contribution in [3.63, 3.8) is 0 Å². The third-order valence-electron chi connectivity index (χ3n) is 4.30. The molecule has 3 unspecified atom stereocenters. The van der Waals surface area contributed by atoms with Gasteiger partial charge in [-0.25, -0.2) is 4.98 Å². The van der Waals surface area contributed by atoms with Crippen LogP contribution in [0.4, 0.5) is 11.5 Å². The smallest absolute Gasteiger partial charge is 0.305 e. The number of aliphatic hydroxyl groups is 1. The van der Waals surface area contributed by atoms with Gasteiger partial charge >= 0.3 is 5.69 Å². The molecule has 2 aliphatic rings. The number of nitriles is 1. The van der Waals surface area contributed by atoms with Crippen LogP contribution in [0.2, 0.25) is 0 Å². The van der Waals surface area contributed by atoms with Crippen molar-refractivity contribution >= 4 is 11.5 Å². The first-order valence-electron chi connectivity index (χ1n) is 6.58. The van der Waals surface area contributed by atoms with E-state index in [2.05, 4.69) is 4.98 Å². The molecule has 104 valence electrons. The zero-order valence-corrected chi connectivity index (χ0v) is 10.8. The predicted octanol–water partition coefficient (Wildman–Crippen LogP) is 1.07. The molecule has 1 N–H and O–H groups in total. The van der Waals surface area contributed by atoms with Crippen molar-refractivity contribution in [1.82, 2.24) is 4.98 Å². The molecular formula is C13H14N4O3. The first-order chi connectivity index (χ1) is 9.60. The number of fused-ring (bicyclic) bond motifs is 1. The van der Waals surface area contributed by atoms with Crippen LogP contribution >= 0.6 is 0 Å². The van der Waals surface area contributed by atoms with E-state index in [1.165, 1.54) is 6.07 Å². The Kier molecular flexibility index (Phi) is 3.03. The Bertz CT molecular complexity index is 598. The molecule has 3 atom stereocenters. The van der Waals surface area contributed by atoms with E-state index in [-0.39, 0.29) is 23.4 Å². The van der Waals surface area contributed by atoms with E-state index in [4.69, 9.17) is 5.26 Å². The molecule has 7 nitrogen and oxygen atoms in total. The van der Waals surface area contributed by atoms with E-state index in [1.807, 2.05) is 4.90 Å². The summed E-state index contributed by atoms with van der Waals surface area (Å²) in [6, 6.07) is 4.67. The SMILES string of the molecule is N#Cc1nc(N2CC3CCC(O)C3C2)ccc1[N+](=O)[O-]. The third-order valence-corrected chi connectivity index (χ3v) is 4.30. The Morgan fingerprint density at radius 3 is 2.90 bits per heavy atom. The van der Waals surface area contributed by atoms with Crippen LogP contribution in [0.5, 0.6) is 0 Å². The summed E-state index contributed by atoms with van der Waals surface area (Å²) in [7, 11) is 0. The highest BCUT2D eigenvalue weighted by Crippen LogP contribution is 2.39. The molecule has 0 amide bonds. The molecule has 1 saturated carbocycles. The highest BCUT2D eigenvalue weighted by Gasteiger charge is 2.42. The minimum Gasteiger partial charge on any atom is -0.393 e. The highest BCUT2D eigenvalue weighted by molar-refractivity contribution is 5.52. The summed E-state index contributed by atoms with van der Waals surface area (Å²) in [4.78, 5) is 16.3. The lowest BCUT2D eigenvalue weighted by Crippen LogP contribution is -2.25. The summed E-state index contributed by atoms with van der Waals surface area (Å²) in [5.74, 6) is 1.28. The highest BCUT2D eigenvalue weighted by atomic mass is 16.6. The van der Waals surface area contributed by atoms with Crippen LogP contribution in [0.1, 0.15) is 18.5 Å². The maximum absolute atomic E-state index is 10.8. The topological polar surface area (TPSA) is 103 Å². The van der Waals surface area contributed by atoms with Gasteiger partial charge in [0.05, 0.1) is 11.0 Å². The molecule has 0 bridgehead atoms. The molecule has 3 rings (SSSR count). The maximum Gasteiger partial charge on any atom is 0.305 e. The van der Waals surface area contributed by atoms with Crippen LogP contribution < -0.4 is 4.90 Å². The Morgan fingerprint density at radius 1 is 1.45 bits per heavy atom. The first-order valence-corrected chi connectivity index (χ1v) is 6.58. The molecule has 1 aliphatic heterocycles. The number of aromatic nitrogens is 1. The van der Waals surface area contributed by atoms with Crippen molar-refractivity contribution in [3.05, 3.63) is 27.9 Å². The second-order valence-corrected chi connectivity index (χ2v) is 5.38. The van der Waals surface area contributed by atoms with Gasteiger partial charge in [0, 0.05) is 25.1 Å². The quantitative estimate of drug-likeness (QED) is 0.639. The van der Waals surface area contributed by atoms with Gasteiger partial charge in [0.25, 0.3) is 0 Å². The predicted molar refractivity (Wildman–Crippen MR) is 70.0 cm³/mol. The number of nitro groups is 1. The third kappa shape index (κ3) is 1.98. The Labute approximate surface area is 115 Å². The zero-order valence-electron chi connectivity index (χ0n) is 10.8. The number of anilines is 1. The van der Waals surface area contributed by atoms with Gasteiger partial charge in [0.15, 0.2) is 0 Å². The van der Waals surface area contributed by atoms with Crippen LogP contribution in [-0.4, -0.2) is 34.2 Å². The zero-order chi connectivity index (χ0) is 14.3. The van der Waals surface area contributed by atoms with E-state index < -0.39 is 4.92 Å². The number of pyridine rings is 1. The number of rotatable bonds is 2. The molecule has 0 aromatic carbocycles. The van der Waals surface area contributed by atoms with Crippen molar-refractivity contribution in [2.24, 2.45) is 11.8 Å². The second kappa shape index (κ2) is 4.72. The Balaban J connectivity index is 1.86. The average molecular weight is 274 g/mol. The molecular weight excluding hydrogens is 260 g/mol. The molecule has 1 saturated heterocycles. The number of nitrogens with zero attached hydrogens (tertiary/aromatic N) is 4. The lowest BCUT2D eigenvalue weighted by Gasteiger charge is -2.19. The molecule has 20 heavy (non-hydrogen) atoms. The summed E-state index contributed by atoms with van der Waals surface area (Å²) in [5, 5.41) is 29.6. The monoisotopic (exact) mass is 274 g/mol. The fourth-order valence-electron chi connectivity index (χ4n) is 3.27. The number of aliphatic hydroxyl groups excluding tert-OH is 1. The van der Waals surface area contributed by atoms with E-state index in [9.17, 15) is 15.2 Å². The average Bonchev–Trinajstić information content (AvgIpc) is 3.00. The summed E-state index contributed by atoms with van der Waals surface area (Å²) in [6.07, 6.45) is 1.58. The van der Waals surface area contributed by atoms with Crippen molar-refractivity contribution in [3.8, 4) is 6.07 Å². The van der Waals surface area contributed by atoms with E-state index in [1.54, 1.807) is 12.1 Å². The Hall–Kier alpha value is -2.20. The van der Waals surface area contributed by atoms with Crippen LogP contribution in [0, 0.1) is 33.3 Å². The van der Waals surface area contributed by atoms with Crippen molar-refractivity contribution in [1.29, 1.82) is 5.26 Å². The van der Waals surface area contributed by atoms with Gasteiger partial charge in [-0.15, -0.1) is 0 Å². The summed E-state index contributed by atoms with van der Waals surface area (Å²) >= 11 is 0. The molecule has 2 fully saturated rings. The van der Waals surface area contributed by atoms with Gasteiger partial charge in [-0.1, -0.05) is 0 Å². The second-order valence-electron chi connectivity index (χ2n) is 5.38. The van der Waals surface area contributed by atoms with E-state index in [0.29, 0.717) is 18.3 Å². The van der Waals surface area contributed by atoms with Crippen LogP contribution in [0.15, 0.2) is 12.1 Å². The maximum atomic E-state index is 10.8. The minimum atomic E-state index is -0.599. The first kappa shape index (κ1) is 12.8. The minimum absolute atomic E-state index is 0.162. The van der Waals surface area contributed by atoms with Gasteiger partial charge in [-0.2, -0.15) is 5.26 Å². The van der Waals surface area contributed by atoms with Crippen molar-refractivity contribution < 1.29 is 10.0 Å². The number of hydrogen-bond donors (Lipinski definition) is 1. The summed E-state index contributed by atoms with van der Waals surface area (Å²) < 4.78 is 0. The number of hydrogen-bond acceptors (Lipinski definition) is 6. The van der Waals surface area contributed by atoms with Crippen LogP contribution in [0.25, 0.3) is 0 Å². The largest absolute Gasteiger partial charge is 0.393 e. The fraction of sp³-hybridized carbons (Fsp3) is 0.538. The summed E-state index contributed by atoms with van der Waals surface area (Å²) in [5.41, 5.74) is -0.430. The normalized spacial score (nSPS) is 28.2. The molecule has 1 aliphatic carbocycles. The van der Waals surface area contributed by atoms with Crippen molar-refractivity contribution in [2.75, 3.05) is 18.0 Å². The lowest BCUT2D eigenvalue weighted by molar-refractivity contribution is -0.385. The fourth-order valence-corrected chi connectivity index (χ4v) is 3.27. The van der Waals surface area contributed by atoms with Gasteiger partial charge in [-0.05, 0) is 24.8 Å². The molecule has 0 spiro atoms. The van der Waals surface area contributed by atoms with Crippen molar-refractivity contribution in [2.45, 2.75) is 18.9 Å². The molecule has 0 radical (unpaired) electrons. The molecule has 1 aromatic heterocycles. The Morgan fingerprint density at radius 2 is 2.25 bits per heavy atom. The van der Waals surface area contributed by atoms with Gasteiger partial charge in [-0.3, -0.25) is 10.1 Å². The summed E-state index contributed by atoms with van der Waals surface area (Å²) in [6.45, 7) is 1.49. The van der Waals surface area contributed by atoms with Gasteiger partial charge < -0.3 is 10.0 Å². The lowest BCUT2D eigenvalue weighted by atomic mass is 10.00. The van der Waals surface area contributed by atoms with Gasteiger partial charge in [0.2, 0.25) is 5.69 Å². The van der Waals surface area contributed by atoms with E-state index >= 15 is 0 Å². The molecule has 7 heteroatoms. The standard InChI is InChI=1S/C13H14N4O3/c14-5-10-11(17(19)20)2-4-13(15-10)16-6-8-1-3-12(18)9(8)7-16/h2,4,8-9,12,18H,1,3,6-7H2. The molecule has 2 heterocycles. The van der Waals surface area contributed by atoms with E-state index in [0.717, 1.165) is 19.4 Å².